The van der Waals surface area contributed by atoms with E-state index in [4.69, 9.17) is 24.8 Å². The number of aliphatic carboxylic acids is 2. The summed E-state index contributed by atoms with van der Waals surface area (Å²) in [6, 6.07) is 12.0. The van der Waals surface area contributed by atoms with Crippen LogP contribution in [0.1, 0.15) is 27.1 Å². The molecule has 0 aliphatic rings. The summed E-state index contributed by atoms with van der Waals surface area (Å²) in [6.07, 6.45) is -2.51. The second kappa shape index (κ2) is 11.7. The molecule has 3 N–H and O–H groups in total. The van der Waals surface area contributed by atoms with E-state index in [0.717, 1.165) is 0 Å². The van der Waals surface area contributed by atoms with Gasteiger partial charge in [0.25, 0.3) is 0 Å². The molecule has 0 heterocycles. The van der Waals surface area contributed by atoms with Gasteiger partial charge in [-0.05, 0) is 48.5 Å². The zero-order chi connectivity index (χ0) is 22.7. The number of esters is 1. The molecule has 0 bridgehead atoms. The normalized spacial score (nSPS) is 10.6. The van der Waals surface area contributed by atoms with E-state index in [2.05, 4.69) is 4.74 Å². The maximum atomic E-state index is 11.6. The van der Waals surface area contributed by atoms with Gasteiger partial charge < -0.3 is 29.5 Å². The van der Waals surface area contributed by atoms with Crippen LogP contribution in [0.2, 0.25) is 0 Å². The highest BCUT2D eigenvalue weighted by Crippen LogP contribution is 2.13. The van der Waals surface area contributed by atoms with Gasteiger partial charge in [0.05, 0.1) is 31.8 Å². The maximum Gasteiger partial charge on any atom is 0.345 e. The number of carbonyl (C=O) groups excluding carboxylic acids is 1. The number of carbonyl (C=O) groups is 4. The summed E-state index contributed by atoms with van der Waals surface area (Å²) in [5.74, 6) is -3.52. The number of hydrogen-bond donors (Lipinski definition) is 3. The van der Waals surface area contributed by atoms with Crippen LogP contribution in [-0.4, -0.2) is 59.5 Å². The molecule has 0 saturated heterocycles. The molecule has 2 aromatic rings. The van der Waals surface area contributed by atoms with Crippen LogP contribution in [0.4, 0.5) is 0 Å². The largest absolute Gasteiger partial charge is 0.497 e. The maximum absolute atomic E-state index is 11.6. The van der Waals surface area contributed by atoms with Crippen molar-refractivity contribution in [3.63, 3.8) is 0 Å². The zero-order valence-electron chi connectivity index (χ0n) is 16.1. The third-order valence-electron chi connectivity index (χ3n) is 3.55. The first-order valence-electron chi connectivity index (χ1n) is 8.35. The van der Waals surface area contributed by atoms with Crippen molar-refractivity contribution in [1.82, 2.24) is 0 Å². The Morgan fingerprint density at radius 3 is 1.53 bits per heavy atom. The number of hydrogen-bond acceptors (Lipinski definition) is 7. The topological polar surface area (TPSA) is 157 Å². The number of carboxylic acids is 3. The Kier molecular flexibility index (Phi) is 9.34. The lowest BCUT2D eigenvalue weighted by Crippen LogP contribution is -2.29. The van der Waals surface area contributed by atoms with Gasteiger partial charge >= 0.3 is 23.9 Å². The summed E-state index contributed by atoms with van der Waals surface area (Å²) in [6.45, 7) is 0. The molecule has 0 aromatic heterocycles. The van der Waals surface area contributed by atoms with Crippen molar-refractivity contribution in [1.29, 1.82) is 0 Å². The molecular weight excluding hydrogens is 400 g/mol. The average Bonchev–Trinajstić information content (AvgIpc) is 2.73. The van der Waals surface area contributed by atoms with Crippen LogP contribution < -0.4 is 9.47 Å². The van der Waals surface area contributed by atoms with Crippen LogP contribution in [0.5, 0.6) is 11.5 Å². The van der Waals surface area contributed by atoms with Crippen LogP contribution in [0.15, 0.2) is 48.5 Å². The SMILES string of the molecule is COc1ccc(C(=O)O)cc1.COc1ccc(C(=O)O[C@H](CC(=O)O)C(=O)O)cc1. The van der Waals surface area contributed by atoms with Crippen LogP contribution >= 0.6 is 0 Å². The molecule has 0 radical (unpaired) electrons. The Balaban J connectivity index is 0.000000346. The lowest BCUT2D eigenvalue weighted by Gasteiger charge is -2.11. The van der Waals surface area contributed by atoms with Crippen molar-refractivity contribution in [2.45, 2.75) is 12.5 Å². The molecule has 1 atom stereocenters. The number of aromatic carboxylic acids is 1. The van der Waals surface area contributed by atoms with Gasteiger partial charge in [0.15, 0.2) is 0 Å². The van der Waals surface area contributed by atoms with Gasteiger partial charge in [-0.15, -0.1) is 0 Å². The van der Waals surface area contributed by atoms with Crippen molar-refractivity contribution in [2.24, 2.45) is 0 Å². The van der Waals surface area contributed by atoms with Gasteiger partial charge in [0.1, 0.15) is 11.5 Å². The summed E-state index contributed by atoms with van der Waals surface area (Å²) in [7, 11) is 3.00. The molecule has 0 aliphatic carbocycles. The van der Waals surface area contributed by atoms with E-state index in [9.17, 15) is 19.2 Å². The number of benzene rings is 2. The van der Waals surface area contributed by atoms with Crippen molar-refractivity contribution in [2.75, 3.05) is 14.2 Å². The Morgan fingerprint density at radius 2 is 1.20 bits per heavy atom. The highest BCUT2D eigenvalue weighted by atomic mass is 16.6. The molecule has 0 fully saturated rings. The fourth-order valence-corrected chi connectivity index (χ4v) is 2.00. The first kappa shape index (κ1) is 24.0. The lowest BCUT2D eigenvalue weighted by molar-refractivity contribution is -0.153. The molecule has 0 spiro atoms. The van der Waals surface area contributed by atoms with E-state index in [1.165, 1.54) is 50.6 Å². The van der Waals surface area contributed by atoms with Crippen molar-refractivity contribution in [3.05, 3.63) is 59.7 Å². The van der Waals surface area contributed by atoms with Gasteiger partial charge in [-0.2, -0.15) is 0 Å². The number of methoxy groups -OCH3 is 2. The van der Waals surface area contributed by atoms with E-state index in [0.29, 0.717) is 11.5 Å². The Hall–Kier alpha value is -4.08. The van der Waals surface area contributed by atoms with Crippen molar-refractivity contribution < 1.29 is 48.7 Å². The molecule has 160 valence electrons. The molecular formula is C20H20O10. The second-order valence-corrected chi connectivity index (χ2v) is 5.59. The lowest BCUT2D eigenvalue weighted by atomic mass is 10.2. The molecule has 0 amide bonds. The minimum absolute atomic E-state index is 0.109. The molecule has 0 aliphatic heterocycles. The first-order valence-corrected chi connectivity index (χ1v) is 8.35. The standard InChI is InChI=1S/C12H12O7.C8H8O3/c1-18-8-4-2-7(3-5-8)12(17)19-9(11(15)16)6-10(13)14;1-11-7-4-2-6(3-5-7)8(9)10/h2-5,9H,6H2,1H3,(H,13,14)(H,15,16);2-5H,1H3,(H,9,10)/t9-;/m1./s1. The van der Waals surface area contributed by atoms with Crippen LogP contribution in [-0.2, 0) is 14.3 Å². The summed E-state index contributed by atoms with van der Waals surface area (Å²) in [5, 5.41) is 25.8. The molecule has 0 unspecified atom stereocenters. The third kappa shape index (κ3) is 7.89. The molecule has 2 rings (SSSR count). The molecule has 2 aromatic carbocycles. The monoisotopic (exact) mass is 420 g/mol. The van der Waals surface area contributed by atoms with E-state index >= 15 is 0 Å². The average molecular weight is 420 g/mol. The first-order chi connectivity index (χ1) is 14.2. The number of carboxylic acid groups (broad SMARTS) is 3. The molecule has 0 saturated carbocycles. The zero-order valence-corrected chi connectivity index (χ0v) is 16.1. The molecule has 10 nitrogen and oxygen atoms in total. The summed E-state index contributed by atoms with van der Waals surface area (Å²) in [4.78, 5) is 43.2. The highest BCUT2D eigenvalue weighted by Gasteiger charge is 2.25. The van der Waals surface area contributed by atoms with E-state index < -0.39 is 36.4 Å². The number of ether oxygens (including phenoxy) is 3. The van der Waals surface area contributed by atoms with Crippen molar-refractivity contribution in [3.8, 4) is 11.5 Å². The number of rotatable bonds is 8. The Morgan fingerprint density at radius 1 is 0.767 bits per heavy atom. The summed E-state index contributed by atoms with van der Waals surface area (Å²) < 4.78 is 14.4. The highest BCUT2D eigenvalue weighted by molar-refractivity contribution is 5.92. The fourth-order valence-electron chi connectivity index (χ4n) is 2.00. The van der Waals surface area contributed by atoms with Gasteiger partial charge in [-0.25, -0.2) is 14.4 Å². The Labute approximate surface area is 171 Å². The predicted octanol–water partition coefficient (Wildman–Crippen LogP) is 2.17. The predicted molar refractivity (Wildman–Crippen MR) is 102 cm³/mol. The van der Waals surface area contributed by atoms with Crippen molar-refractivity contribution >= 4 is 23.9 Å². The van der Waals surface area contributed by atoms with E-state index in [-0.39, 0.29) is 11.1 Å². The molecule has 30 heavy (non-hydrogen) atoms. The van der Waals surface area contributed by atoms with Gasteiger partial charge in [-0.3, -0.25) is 4.79 Å². The molecule has 10 heteroatoms. The summed E-state index contributed by atoms with van der Waals surface area (Å²) >= 11 is 0. The van der Waals surface area contributed by atoms with Gasteiger partial charge in [0, 0.05) is 0 Å². The second-order valence-electron chi connectivity index (χ2n) is 5.59. The minimum atomic E-state index is -1.72. The van der Waals surface area contributed by atoms with Crippen LogP contribution in [0, 0.1) is 0 Å². The smallest absolute Gasteiger partial charge is 0.345 e. The summed E-state index contributed by atoms with van der Waals surface area (Å²) in [5.41, 5.74) is 0.378. The van der Waals surface area contributed by atoms with Gasteiger partial charge in [0.2, 0.25) is 6.10 Å². The quantitative estimate of drug-likeness (QED) is 0.541. The van der Waals surface area contributed by atoms with Crippen LogP contribution in [0.25, 0.3) is 0 Å². The van der Waals surface area contributed by atoms with Gasteiger partial charge in [-0.1, -0.05) is 0 Å². The fraction of sp³-hybridized carbons (Fsp3) is 0.200. The van der Waals surface area contributed by atoms with Crippen LogP contribution in [0.3, 0.4) is 0 Å². The minimum Gasteiger partial charge on any atom is -0.497 e. The van der Waals surface area contributed by atoms with E-state index in [1.807, 2.05) is 0 Å². The Bertz CT molecular complexity index is 871. The van der Waals surface area contributed by atoms with E-state index in [1.54, 1.807) is 12.1 Å². The third-order valence-corrected chi connectivity index (χ3v) is 3.55.